The van der Waals surface area contributed by atoms with Crippen molar-refractivity contribution in [2.75, 3.05) is 13.2 Å². The highest BCUT2D eigenvalue weighted by Gasteiger charge is 2.16. The molecule has 0 spiro atoms. The fourth-order valence-corrected chi connectivity index (χ4v) is 2.06. The molecule has 0 aromatic heterocycles. The summed E-state index contributed by atoms with van der Waals surface area (Å²) in [5.41, 5.74) is 5.25. The number of hydrogen-bond acceptors (Lipinski definition) is 6. The van der Waals surface area contributed by atoms with E-state index in [9.17, 15) is 14.4 Å². The monoisotopic (exact) mass is 369 g/mol. The molecule has 0 atom stereocenters. The highest BCUT2D eigenvalue weighted by molar-refractivity contribution is 6.36. The Labute approximate surface area is 148 Å². The average Bonchev–Trinajstić information content (AvgIpc) is 2.50. The zero-order valence-corrected chi connectivity index (χ0v) is 14.1. The van der Waals surface area contributed by atoms with Crippen molar-refractivity contribution in [1.29, 1.82) is 5.26 Å². The normalized spacial score (nSPS) is 11.1. The number of nitriles is 1. The van der Waals surface area contributed by atoms with Crippen LogP contribution in [0.2, 0.25) is 10.0 Å². The number of carbonyl (C=O) groups excluding carboxylic acids is 3. The summed E-state index contributed by atoms with van der Waals surface area (Å²) in [6.45, 7) is 0.264. The number of Topliss-reactive ketones (excluding diaryl/α,β-unsaturated/α-hetero) is 1. The number of halogens is 2. The number of nitrogens with two attached hydrogens (primary N) is 1. The molecule has 7 nitrogen and oxygen atoms in total. The number of allylic oxidation sites excluding steroid dienone is 1. The van der Waals surface area contributed by atoms with Gasteiger partial charge in [-0.15, -0.1) is 0 Å². The molecule has 0 aliphatic carbocycles. The molecular weight excluding hydrogens is 357 g/mol. The third-order valence-corrected chi connectivity index (χ3v) is 3.27. The SMILES string of the molecule is C/C(N)=C(/C#N)C(=O)COC(=O)CNC(=O)c1ccc(Cl)cc1Cl. The third kappa shape index (κ3) is 5.57. The van der Waals surface area contributed by atoms with Crippen LogP contribution in [0, 0.1) is 11.3 Å². The van der Waals surface area contributed by atoms with Gasteiger partial charge in [0.1, 0.15) is 18.2 Å². The fourth-order valence-electron chi connectivity index (χ4n) is 1.56. The van der Waals surface area contributed by atoms with Crippen molar-refractivity contribution in [3.8, 4) is 6.07 Å². The molecule has 1 rings (SSSR count). The Hall–Kier alpha value is -2.56. The van der Waals surface area contributed by atoms with Crippen LogP contribution in [-0.4, -0.2) is 30.8 Å². The van der Waals surface area contributed by atoms with Gasteiger partial charge in [0.05, 0.1) is 10.6 Å². The molecule has 0 saturated heterocycles. The second-order valence-corrected chi connectivity index (χ2v) is 5.40. The number of rotatable bonds is 6. The van der Waals surface area contributed by atoms with Crippen LogP contribution < -0.4 is 11.1 Å². The Balaban J connectivity index is 2.52. The largest absolute Gasteiger partial charge is 0.456 e. The molecule has 9 heteroatoms. The van der Waals surface area contributed by atoms with Crippen molar-refractivity contribution in [1.82, 2.24) is 5.32 Å². The van der Waals surface area contributed by atoms with Gasteiger partial charge in [-0.2, -0.15) is 5.26 Å². The summed E-state index contributed by atoms with van der Waals surface area (Å²) in [6.07, 6.45) is 0. The number of amides is 1. The number of ketones is 1. The van der Waals surface area contributed by atoms with Crippen molar-refractivity contribution < 1.29 is 19.1 Å². The number of esters is 1. The van der Waals surface area contributed by atoms with E-state index in [1.807, 2.05) is 0 Å². The lowest BCUT2D eigenvalue weighted by atomic mass is 10.1. The molecule has 0 aliphatic rings. The van der Waals surface area contributed by atoms with Crippen LogP contribution in [-0.2, 0) is 14.3 Å². The van der Waals surface area contributed by atoms with E-state index in [1.54, 1.807) is 6.07 Å². The third-order valence-electron chi connectivity index (χ3n) is 2.72. The smallest absolute Gasteiger partial charge is 0.325 e. The molecule has 1 aromatic carbocycles. The van der Waals surface area contributed by atoms with Gasteiger partial charge in [0, 0.05) is 10.7 Å². The van der Waals surface area contributed by atoms with E-state index in [0.717, 1.165) is 0 Å². The highest BCUT2D eigenvalue weighted by Crippen LogP contribution is 2.20. The van der Waals surface area contributed by atoms with Gasteiger partial charge in [-0.25, -0.2) is 0 Å². The highest BCUT2D eigenvalue weighted by atomic mass is 35.5. The van der Waals surface area contributed by atoms with Crippen molar-refractivity contribution in [2.45, 2.75) is 6.92 Å². The minimum Gasteiger partial charge on any atom is -0.456 e. The van der Waals surface area contributed by atoms with Crippen LogP contribution in [0.5, 0.6) is 0 Å². The Morgan fingerprint density at radius 2 is 2.00 bits per heavy atom. The predicted molar refractivity (Wildman–Crippen MR) is 87.3 cm³/mol. The van der Waals surface area contributed by atoms with Crippen molar-refractivity contribution in [3.63, 3.8) is 0 Å². The van der Waals surface area contributed by atoms with E-state index < -0.39 is 30.8 Å². The minimum absolute atomic E-state index is 0.0317. The quantitative estimate of drug-likeness (QED) is 0.445. The van der Waals surface area contributed by atoms with Gasteiger partial charge < -0.3 is 15.8 Å². The van der Waals surface area contributed by atoms with Crippen molar-refractivity contribution in [3.05, 3.63) is 45.1 Å². The molecule has 3 N–H and O–H groups in total. The molecule has 1 amide bonds. The maximum Gasteiger partial charge on any atom is 0.325 e. The van der Waals surface area contributed by atoms with Crippen molar-refractivity contribution in [2.24, 2.45) is 5.73 Å². The van der Waals surface area contributed by atoms with Gasteiger partial charge in [-0.3, -0.25) is 14.4 Å². The summed E-state index contributed by atoms with van der Waals surface area (Å²) in [5, 5.41) is 11.5. The van der Waals surface area contributed by atoms with Crippen LogP contribution in [0.4, 0.5) is 0 Å². The van der Waals surface area contributed by atoms with Gasteiger partial charge in [0.2, 0.25) is 5.78 Å². The van der Waals surface area contributed by atoms with Crippen LogP contribution in [0.1, 0.15) is 17.3 Å². The Morgan fingerprint density at radius 3 is 2.54 bits per heavy atom. The first kappa shape index (κ1) is 19.5. The van der Waals surface area contributed by atoms with Crippen LogP contribution >= 0.6 is 23.2 Å². The van der Waals surface area contributed by atoms with Crippen LogP contribution in [0.25, 0.3) is 0 Å². The molecular formula is C15H13Cl2N3O4. The fraction of sp³-hybridized carbons (Fsp3) is 0.200. The Bertz CT molecular complexity index is 750. The maximum absolute atomic E-state index is 11.9. The standard InChI is InChI=1S/C15H13Cl2N3O4/c1-8(19)11(5-18)13(21)7-24-14(22)6-20-15(23)10-3-2-9(16)4-12(10)17/h2-4H,6-7,19H2,1H3,(H,20,23)/b11-8+. The first-order valence-corrected chi connectivity index (χ1v) is 7.30. The van der Waals surface area contributed by atoms with E-state index in [0.29, 0.717) is 5.02 Å². The van der Waals surface area contributed by atoms with E-state index in [4.69, 9.17) is 34.2 Å². The summed E-state index contributed by atoms with van der Waals surface area (Å²) >= 11 is 11.6. The topological polar surface area (TPSA) is 122 Å². The summed E-state index contributed by atoms with van der Waals surface area (Å²) in [7, 11) is 0. The van der Waals surface area contributed by atoms with Crippen LogP contribution in [0.3, 0.4) is 0 Å². The van der Waals surface area contributed by atoms with Crippen LogP contribution in [0.15, 0.2) is 29.5 Å². The molecule has 0 fully saturated rings. The number of nitrogens with one attached hydrogen (secondary N) is 1. The molecule has 0 unspecified atom stereocenters. The molecule has 0 saturated carbocycles. The Morgan fingerprint density at radius 1 is 1.33 bits per heavy atom. The summed E-state index contributed by atoms with van der Waals surface area (Å²) in [6, 6.07) is 5.90. The first-order chi connectivity index (χ1) is 11.3. The minimum atomic E-state index is -0.853. The molecule has 0 aliphatic heterocycles. The molecule has 0 bridgehead atoms. The number of carbonyl (C=O) groups is 3. The lowest BCUT2D eigenvalue weighted by Crippen LogP contribution is -2.31. The summed E-state index contributed by atoms with van der Waals surface area (Å²) in [4.78, 5) is 35.0. The van der Waals surface area contributed by atoms with Crippen molar-refractivity contribution >= 4 is 40.9 Å². The summed E-state index contributed by atoms with van der Waals surface area (Å²) < 4.78 is 4.67. The number of ether oxygens (including phenoxy) is 1. The van der Waals surface area contributed by atoms with Gasteiger partial charge in [0.15, 0.2) is 6.61 Å². The summed E-state index contributed by atoms with van der Waals surface area (Å²) in [5.74, 6) is -2.18. The first-order valence-electron chi connectivity index (χ1n) is 6.54. The molecule has 0 radical (unpaired) electrons. The zero-order valence-electron chi connectivity index (χ0n) is 12.6. The van der Waals surface area contributed by atoms with Gasteiger partial charge in [-0.05, 0) is 25.1 Å². The number of hydrogen-bond donors (Lipinski definition) is 2. The molecule has 1 aromatic rings. The van der Waals surface area contributed by atoms with Gasteiger partial charge >= 0.3 is 5.97 Å². The van der Waals surface area contributed by atoms with E-state index in [2.05, 4.69) is 10.1 Å². The second kappa shape index (κ2) is 8.91. The second-order valence-electron chi connectivity index (χ2n) is 4.56. The van der Waals surface area contributed by atoms with Gasteiger partial charge in [0.25, 0.3) is 5.91 Å². The van der Waals surface area contributed by atoms with Gasteiger partial charge in [-0.1, -0.05) is 23.2 Å². The number of nitrogens with zero attached hydrogens (tertiary/aromatic N) is 1. The maximum atomic E-state index is 11.9. The average molecular weight is 370 g/mol. The van der Waals surface area contributed by atoms with E-state index >= 15 is 0 Å². The Kier molecular flexibility index (Phi) is 7.24. The zero-order chi connectivity index (χ0) is 18.3. The van der Waals surface area contributed by atoms with E-state index in [-0.39, 0.29) is 21.9 Å². The molecule has 24 heavy (non-hydrogen) atoms. The predicted octanol–water partition coefficient (Wildman–Crippen LogP) is 1.59. The molecule has 0 heterocycles. The number of benzene rings is 1. The molecule has 126 valence electrons. The lowest BCUT2D eigenvalue weighted by Gasteiger charge is -2.07. The lowest BCUT2D eigenvalue weighted by molar-refractivity contribution is -0.145. The van der Waals surface area contributed by atoms with E-state index in [1.165, 1.54) is 25.1 Å².